The van der Waals surface area contributed by atoms with Gasteiger partial charge in [-0.2, -0.15) is 0 Å². The van der Waals surface area contributed by atoms with Crippen molar-refractivity contribution in [2.75, 3.05) is 17.5 Å². The number of hydrogen-bond acceptors (Lipinski definition) is 5. The lowest BCUT2D eigenvalue weighted by atomic mass is 10.1. The van der Waals surface area contributed by atoms with Crippen LogP contribution in [0.25, 0.3) is 0 Å². The number of carbonyl (C=O) groups excluding carboxylic acids is 2. The van der Waals surface area contributed by atoms with Gasteiger partial charge < -0.3 is 15.0 Å². The van der Waals surface area contributed by atoms with Crippen molar-refractivity contribution in [3.63, 3.8) is 0 Å². The molecule has 0 aromatic heterocycles. The van der Waals surface area contributed by atoms with Crippen molar-refractivity contribution in [3.8, 4) is 5.75 Å². The Balaban J connectivity index is 2.04. The lowest BCUT2D eigenvalue weighted by Gasteiger charge is -2.33. The van der Waals surface area contributed by atoms with Crippen molar-refractivity contribution >= 4 is 39.1 Å². The molecule has 2 amide bonds. The molecule has 0 saturated heterocycles. The molecular weight excluding hydrogens is 562 g/mol. The second-order valence-corrected chi connectivity index (χ2v) is 11.9. The van der Waals surface area contributed by atoms with Crippen LogP contribution in [0.3, 0.4) is 0 Å². The van der Waals surface area contributed by atoms with E-state index in [4.69, 9.17) is 16.3 Å². The number of nitrogens with zero attached hydrogens (tertiary/aromatic N) is 2. The molecule has 0 saturated carbocycles. The molecule has 0 unspecified atom stereocenters. The molecule has 1 N–H and O–H groups in total. The molecule has 0 bridgehead atoms. The Morgan fingerprint density at radius 2 is 1.54 bits per heavy atom. The molecule has 8 nitrogen and oxygen atoms in total. The number of benzene rings is 3. The van der Waals surface area contributed by atoms with Gasteiger partial charge in [-0.25, -0.2) is 8.42 Å². The smallest absolute Gasteiger partial charge is 0.264 e. The third-order valence-electron chi connectivity index (χ3n) is 6.70. The molecule has 2 atom stereocenters. The Morgan fingerprint density at radius 3 is 2.10 bits per heavy atom. The zero-order chi connectivity index (χ0) is 30.0. The highest BCUT2D eigenvalue weighted by Crippen LogP contribution is 2.27. The first-order valence-electron chi connectivity index (χ1n) is 13.8. The zero-order valence-electron chi connectivity index (χ0n) is 23.9. The van der Waals surface area contributed by atoms with E-state index in [1.807, 2.05) is 27.7 Å². The third kappa shape index (κ3) is 8.47. The minimum absolute atomic E-state index is 0.0486. The Morgan fingerprint density at radius 1 is 0.902 bits per heavy atom. The molecule has 10 heteroatoms. The van der Waals surface area contributed by atoms with E-state index in [0.717, 1.165) is 16.3 Å². The van der Waals surface area contributed by atoms with Crippen molar-refractivity contribution in [1.82, 2.24) is 10.2 Å². The average Bonchev–Trinajstić information content (AvgIpc) is 2.97. The van der Waals surface area contributed by atoms with Crippen LogP contribution in [0, 0.1) is 0 Å². The van der Waals surface area contributed by atoms with E-state index in [0.29, 0.717) is 29.5 Å². The summed E-state index contributed by atoms with van der Waals surface area (Å²) in [6.45, 7) is 7.60. The van der Waals surface area contributed by atoms with Gasteiger partial charge in [-0.3, -0.25) is 13.9 Å². The van der Waals surface area contributed by atoms with Crippen LogP contribution in [-0.2, 0) is 26.2 Å². The SMILES string of the molecule is CCOc1ccc(N(CC(=O)N(Cc2ccc(Cl)cc2)[C@H](CC)C(=O)N[C@H](C)CC)S(=O)(=O)c2ccccc2)cc1. The van der Waals surface area contributed by atoms with Crippen molar-refractivity contribution in [2.24, 2.45) is 0 Å². The zero-order valence-corrected chi connectivity index (χ0v) is 25.5. The first kappa shape index (κ1) is 32.0. The number of ether oxygens (including phenoxy) is 1. The first-order valence-corrected chi connectivity index (χ1v) is 15.6. The summed E-state index contributed by atoms with van der Waals surface area (Å²) < 4.78 is 34.4. The number of hydrogen-bond donors (Lipinski definition) is 1. The van der Waals surface area contributed by atoms with E-state index in [9.17, 15) is 18.0 Å². The molecular formula is C31H38ClN3O5S. The monoisotopic (exact) mass is 599 g/mol. The third-order valence-corrected chi connectivity index (χ3v) is 8.74. The minimum atomic E-state index is -4.13. The number of carbonyl (C=O) groups is 2. The summed E-state index contributed by atoms with van der Waals surface area (Å²) in [6, 6.07) is 20.6. The second kappa shape index (κ2) is 14.9. The first-order chi connectivity index (χ1) is 19.6. The Labute approximate surface area is 248 Å². The number of amides is 2. The fourth-order valence-electron chi connectivity index (χ4n) is 4.27. The predicted molar refractivity (Wildman–Crippen MR) is 163 cm³/mol. The molecule has 0 aliphatic heterocycles. The summed E-state index contributed by atoms with van der Waals surface area (Å²) in [4.78, 5) is 28.9. The fourth-order valence-corrected chi connectivity index (χ4v) is 5.83. The number of sulfonamides is 1. The number of anilines is 1. The summed E-state index contributed by atoms with van der Waals surface area (Å²) in [5.41, 5.74) is 1.06. The van der Waals surface area contributed by atoms with Gasteiger partial charge in [0, 0.05) is 17.6 Å². The molecule has 3 aromatic carbocycles. The molecule has 3 aromatic rings. The normalized spacial score (nSPS) is 12.7. The summed E-state index contributed by atoms with van der Waals surface area (Å²) in [5, 5.41) is 3.52. The van der Waals surface area contributed by atoms with Gasteiger partial charge in [-0.05, 0) is 80.8 Å². The van der Waals surface area contributed by atoms with Gasteiger partial charge in [-0.1, -0.05) is 55.8 Å². The maximum Gasteiger partial charge on any atom is 0.264 e. The fraction of sp³-hybridized carbons (Fsp3) is 0.355. The maximum atomic E-state index is 14.1. The van der Waals surface area contributed by atoms with Crippen molar-refractivity contribution in [3.05, 3.63) is 89.4 Å². The summed E-state index contributed by atoms with van der Waals surface area (Å²) >= 11 is 6.07. The summed E-state index contributed by atoms with van der Waals surface area (Å²) in [5.74, 6) is -0.223. The Bertz CT molecular complexity index is 1380. The number of halogens is 1. The molecule has 0 radical (unpaired) electrons. The molecule has 41 heavy (non-hydrogen) atoms. The molecule has 0 spiro atoms. The molecule has 3 rings (SSSR count). The number of nitrogens with one attached hydrogen (secondary N) is 1. The standard InChI is InChI=1S/C31H38ClN3O5S/c1-5-23(4)33-31(37)29(6-2)34(21-24-13-15-25(32)16-14-24)30(36)22-35(26-17-19-27(20-18-26)40-7-3)41(38,39)28-11-9-8-10-12-28/h8-20,23,29H,5-7,21-22H2,1-4H3,(H,33,37)/t23-,29-/m1/s1. The summed E-state index contributed by atoms with van der Waals surface area (Å²) in [6.07, 6.45) is 1.07. The summed E-state index contributed by atoms with van der Waals surface area (Å²) in [7, 11) is -4.13. The highest BCUT2D eigenvalue weighted by Gasteiger charge is 2.34. The topological polar surface area (TPSA) is 96.0 Å². The van der Waals surface area contributed by atoms with Crippen molar-refractivity contribution in [2.45, 2.75) is 64.1 Å². The van der Waals surface area contributed by atoms with E-state index in [2.05, 4.69) is 5.32 Å². The molecule has 0 fully saturated rings. The van der Waals surface area contributed by atoms with Gasteiger partial charge in [0.05, 0.1) is 17.2 Å². The highest BCUT2D eigenvalue weighted by atomic mass is 35.5. The van der Waals surface area contributed by atoms with Gasteiger partial charge in [0.1, 0.15) is 18.3 Å². The number of rotatable bonds is 14. The van der Waals surface area contributed by atoms with Gasteiger partial charge >= 0.3 is 0 Å². The van der Waals surface area contributed by atoms with Crippen molar-refractivity contribution < 1.29 is 22.7 Å². The Kier molecular flexibility index (Phi) is 11.6. The van der Waals surface area contributed by atoms with E-state index in [-0.39, 0.29) is 23.4 Å². The average molecular weight is 600 g/mol. The highest BCUT2D eigenvalue weighted by molar-refractivity contribution is 7.92. The van der Waals surface area contributed by atoms with Crippen LogP contribution >= 0.6 is 11.6 Å². The van der Waals surface area contributed by atoms with E-state index in [1.165, 1.54) is 17.0 Å². The van der Waals surface area contributed by atoms with Crippen LogP contribution < -0.4 is 14.4 Å². The van der Waals surface area contributed by atoms with Crippen LogP contribution in [0.15, 0.2) is 83.8 Å². The Hall–Kier alpha value is -3.56. The van der Waals surface area contributed by atoms with E-state index >= 15 is 0 Å². The lowest BCUT2D eigenvalue weighted by Crippen LogP contribution is -2.53. The molecule has 0 aliphatic rings. The van der Waals surface area contributed by atoms with Crippen LogP contribution in [0.2, 0.25) is 5.02 Å². The van der Waals surface area contributed by atoms with Gasteiger partial charge in [0.15, 0.2) is 0 Å². The minimum Gasteiger partial charge on any atom is -0.494 e. The largest absolute Gasteiger partial charge is 0.494 e. The van der Waals surface area contributed by atoms with Crippen LogP contribution in [0.5, 0.6) is 5.75 Å². The lowest BCUT2D eigenvalue weighted by molar-refractivity contribution is -0.140. The molecule has 0 aliphatic carbocycles. The quantitative estimate of drug-likeness (QED) is 0.258. The van der Waals surface area contributed by atoms with Gasteiger partial charge in [0.25, 0.3) is 10.0 Å². The van der Waals surface area contributed by atoms with Crippen LogP contribution in [0.4, 0.5) is 5.69 Å². The van der Waals surface area contributed by atoms with Crippen LogP contribution in [-0.4, -0.2) is 50.4 Å². The van der Waals surface area contributed by atoms with Crippen molar-refractivity contribution in [1.29, 1.82) is 0 Å². The predicted octanol–water partition coefficient (Wildman–Crippen LogP) is 5.66. The van der Waals surface area contributed by atoms with E-state index in [1.54, 1.807) is 66.7 Å². The van der Waals surface area contributed by atoms with Gasteiger partial charge in [-0.15, -0.1) is 0 Å². The van der Waals surface area contributed by atoms with Crippen LogP contribution in [0.1, 0.15) is 46.1 Å². The van der Waals surface area contributed by atoms with Gasteiger partial charge in [0.2, 0.25) is 11.8 Å². The van der Waals surface area contributed by atoms with E-state index < -0.39 is 28.5 Å². The molecule has 0 heterocycles. The maximum absolute atomic E-state index is 14.1. The molecule has 220 valence electrons. The second-order valence-electron chi connectivity index (χ2n) is 9.64.